The highest BCUT2D eigenvalue weighted by Crippen LogP contribution is 2.13. The molecule has 174 valence electrons. The third-order valence-corrected chi connectivity index (χ3v) is 3.60. The number of esters is 2. The molecule has 5 N–H and O–H groups in total. The van der Waals surface area contributed by atoms with Crippen LogP contribution in [0, 0.1) is 0 Å². The first-order valence-corrected chi connectivity index (χ1v) is 10.1. The summed E-state index contributed by atoms with van der Waals surface area (Å²) >= 11 is 0. The molecule has 0 aliphatic heterocycles. The number of hydrogen-bond donors (Lipinski definition) is 4. The van der Waals surface area contributed by atoms with E-state index in [4.69, 9.17) is 20.3 Å². The predicted molar refractivity (Wildman–Crippen MR) is 111 cm³/mol. The highest BCUT2D eigenvalue weighted by atomic mass is 16.6. The van der Waals surface area contributed by atoms with Crippen LogP contribution >= 0.6 is 0 Å². The molecule has 0 aromatic heterocycles. The molecule has 10 heteroatoms. The maximum atomic E-state index is 12.4. The Morgan fingerprint density at radius 1 is 0.933 bits per heavy atom. The van der Waals surface area contributed by atoms with Crippen molar-refractivity contribution in [3.63, 3.8) is 0 Å². The van der Waals surface area contributed by atoms with Crippen LogP contribution in [0.25, 0.3) is 0 Å². The zero-order valence-electron chi connectivity index (χ0n) is 18.9. The van der Waals surface area contributed by atoms with Crippen LogP contribution in [0.1, 0.15) is 73.6 Å². The normalized spacial score (nSPS) is 13.7. The van der Waals surface area contributed by atoms with E-state index in [0.717, 1.165) is 0 Å². The van der Waals surface area contributed by atoms with Gasteiger partial charge in [0.25, 0.3) is 0 Å². The summed E-state index contributed by atoms with van der Waals surface area (Å²) in [5.41, 5.74) is 4.02. The number of urea groups is 1. The molecule has 0 fully saturated rings. The molecule has 0 rings (SSSR count). The van der Waals surface area contributed by atoms with Gasteiger partial charge < -0.3 is 30.9 Å². The molecular formula is C20H37N3O7. The van der Waals surface area contributed by atoms with E-state index in [9.17, 15) is 19.2 Å². The van der Waals surface area contributed by atoms with Gasteiger partial charge >= 0.3 is 23.9 Å². The van der Waals surface area contributed by atoms with Crippen LogP contribution in [0.3, 0.4) is 0 Å². The van der Waals surface area contributed by atoms with Gasteiger partial charge in [-0.25, -0.2) is 9.59 Å². The third kappa shape index (κ3) is 14.6. The molecule has 2 amide bonds. The SMILES string of the molecule is CC(C)(C)OC(=O)CCC(NC(=O)NCCCCC(N)C(=O)O)C(=O)OC(C)(C)C. The van der Waals surface area contributed by atoms with Crippen molar-refractivity contribution in [2.75, 3.05) is 6.54 Å². The summed E-state index contributed by atoms with van der Waals surface area (Å²) < 4.78 is 10.6. The number of hydrogen-bond acceptors (Lipinski definition) is 7. The average Bonchev–Trinajstić information content (AvgIpc) is 2.54. The summed E-state index contributed by atoms with van der Waals surface area (Å²) in [7, 11) is 0. The Labute approximate surface area is 178 Å². The molecule has 0 saturated heterocycles. The van der Waals surface area contributed by atoms with Gasteiger partial charge in [0, 0.05) is 13.0 Å². The van der Waals surface area contributed by atoms with E-state index in [1.165, 1.54) is 0 Å². The second kappa shape index (κ2) is 12.4. The lowest BCUT2D eigenvalue weighted by Crippen LogP contribution is -2.48. The van der Waals surface area contributed by atoms with Crippen molar-refractivity contribution in [2.45, 2.75) is 96.9 Å². The number of nitrogens with two attached hydrogens (primary N) is 1. The van der Waals surface area contributed by atoms with Crippen LogP contribution in [0.4, 0.5) is 4.79 Å². The quantitative estimate of drug-likeness (QED) is 0.284. The fourth-order valence-corrected chi connectivity index (χ4v) is 2.30. The van der Waals surface area contributed by atoms with Gasteiger partial charge in [-0.05, 0) is 67.2 Å². The van der Waals surface area contributed by atoms with Crippen LogP contribution in [-0.2, 0) is 23.9 Å². The Morgan fingerprint density at radius 2 is 1.50 bits per heavy atom. The first-order valence-electron chi connectivity index (χ1n) is 10.1. The first kappa shape index (κ1) is 27.6. The van der Waals surface area contributed by atoms with Crippen molar-refractivity contribution in [3.8, 4) is 0 Å². The van der Waals surface area contributed by atoms with Crippen molar-refractivity contribution in [2.24, 2.45) is 5.73 Å². The van der Waals surface area contributed by atoms with E-state index in [0.29, 0.717) is 19.3 Å². The van der Waals surface area contributed by atoms with Crippen molar-refractivity contribution in [3.05, 3.63) is 0 Å². The van der Waals surface area contributed by atoms with E-state index >= 15 is 0 Å². The van der Waals surface area contributed by atoms with Crippen LogP contribution in [0.5, 0.6) is 0 Å². The largest absolute Gasteiger partial charge is 0.480 e. The second-order valence-electron chi connectivity index (χ2n) is 9.05. The van der Waals surface area contributed by atoms with Crippen molar-refractivity contribution in [1.29, 1.82) is 0 Å². The summed E-state index contributed by atoms with van der Waals surface area (Å²) in [6.45, 7) is 10.6. The number of carbonyl (C=O) groups is 4. The van der Waals surface area contributed by atoms with Gasteiger partial charge in [0.2, 0.25) is 0 Å². The van der Waals surface area contributed by atoms with E-state index in [1.54, 1.807) is 41.5 Å². The standard InChI is InChI=1S/C20H37N3O7/c1-19(2,3)29-15(24)11-10-14(17(27)30-20(4,5)6)23-18(28)22-12-8-7-9-13(21)16(25)26/h13-14H,7-12,21H2,1-6H3,(H,25,26)(H2,22,23,28). The molecule has 0 aliphatic rings. The van der Waals surface area contributed by atoms with E-state index in [-0.39, 0.29) is 19.4 Å². The molecule has 30 heavy (non-hydrogen) atoms. The van der Waals surface area contributed by atoms with Gasteiger partial charge in [-0.3, -0.25) is 9.59 Å². The number of carboxylic acid groups (broad SMARTS) is 1. The Morgan fingerprint density at radius 3 is 2.00 bits per heavy atom. The topological polar surface area (TPSA) is 157 Å². The molecule has 0 radical (unpaired) electrons. The molecule has 0 aromatic carbocycles. The van der Waals surface area contributed by atoms with Gasteiger partial charge in [-0.15, -0.1) is 0 Å². The van der Waals surface area contributed by atoms with E-state index in [2.05, 4.69) is 10.6 Å². The number of aliphatic carboxylic acids is 1. The molecule has 0 bridgehead atoms. The molecular weight excluding hydrogens is 394 g/mol. The van der Waals surface area contributed by atoms with Crippen LogP contribution in [0.2, 0.25) is 0 Å². The fourth-order valence-electron chi connectivity index (χ4n) is 2.30. The number of carbonyl (C=O) groups excluding carboxylic acids is 3. The number of amides is 2. The van der Waals surface area contributed by atoms with Crippen molar-refractivity contribution in [1.82, 2.24) is 10.6 Å². The highest BCUT2D eigenvalue weighted by molar-refractivity contribution is 5.84. The lowest BCUT2D eigenvalue weighted by molar-refractivity contribution is -0.158. The smallest absolute Gasteiger partial charge is 0.329 e. The Kier molecular flexibility index (Phi) is 11.4. The molecule has 0 spiro atoms. The second-order valence-corrected chi connectivity index (χ2v) is 9.05. The monoisotopic (exact) mass is 431 g/mol. The van der Waals surface area contributed by atoms with Gasteiger partial charge in [-0.2, -0.15) is 0 Å². The Hall–Kier alpha value is -2.36. The highest BCUT2D eigenvalue weighted by Gasteiger charge is 2.28. The van der Waals surface area contributed by atoms with Crippen LogP contribution in [-0.4, -0.2) is 58.9 Å². The Bertz CT molecular complexity index is 594. The zero-order valence-corrected chi connectivity index (χ0v) is 18.9. The molecule has 2 unspecified atom stereocenters. The summed E-state index contributed by atoms with van der Waals surface area (Å²) in [6, 6.07) is -2.53. The first-order chi connectivity index (χ1) is 13.6. The molecule has 0 saturated carbocycles. The summed E-state index contributed by atoms with van der Waals surface area (Å²) in [6.07, 6.45) is 1.33. The molecule has 0 heterocycles. The van der Waals surface area contributed by atoms with E-state index < -0.39 is 47.2 Å². The van der Waals surface area contributed by atoms with Crippen LogP contribution < -0.4 is 16.4 Å². The van der Waals surface area contributed by atoms with Gasteiger partial charge in [-0.1, -0.05) is 0 Å². The van der Waals surface area contributed by atoms with Gasteiger partial charge in [0.1, 0.15) is 23.3 Å². The molecule has 2 atom stereocenters. The zero-order chi connectivity index (χ0) is 23.5. The Balaban J connectivity index is 4.64. The predicted octanol–water partition coefficient (Wildman–Crippen LogP) is 1.70. The number of unbranched alkanes of at least 4 members (excludes halogenated alkanes) is 1. The van der Waals surface area contributed by atoms with Crippen LogP contribution in [0.15, 0.2) is 0 Å². The average molecular weight is 432 g/mol. The number of nitrogens with one attached hydrogen (secondary N) is 2. The van der Waals surface area contributed by atoms with Crippen molar-refractivity contribution < 1.29 is 33.8 Å². The van der Waals surface area contributed by atoms with Gasteiger partial charge in [0.15, 0.2) is 0 Å². The maximum absolute atomic E-state index is 12.4. The summed E-state index contributed by atoms with van der Waals surface area (Å²) in [5.74, 6) is -2.19. The number of carboxylic acids is 1. The minimum Gasteiger partial charge on any atom is -0.480 e. The lowest BCUT2D eigenvalue weighted by Gasteiger charge is -2.25. The molecule has 0 aliphatic carbocycles. The fraction of sp³-hybridized carbons (Fsp3) is 0.800. The summed E-state index contributed by atoms with van der Waals surface area (Å²) in [5, 5.41) is 13.9. The van der Waals surface area contributed by atoms with E-state index in [1.807, 2.05) is 0 Å². The number of ether oxygens (including phenoxy) is 2. The molecule has 0 aromatic rings. The number of rotatable bonds is 11. The third-order valence-electron chi connectivity index (χ3n) is 3.60. The minimum absolute atomic E-state index is 0.0325. The van der Waals surface area contributed by atoms with Crippen molar-refractivity contribution >= 4 is 23.9 Å². The maximum Gasteiger partial charge on any atom is 0.329 e. The minimum atomic E-state index is -1.06. The lowest BCUT2D eigenvalue weighted by atomic mass is 10.1. The van der Waals surface area contributed by atoms with Gasteiger partial charge in [0.05, 0.1) is 0 Å². The summed E-state index contributed by atoms with van der Waals surface area (Å²) in [4.78, 5) is 47.2. The molecule has 10 nitrogen and oxygen atoms in total.